The van der Waals surface area contributed by atoms with Crippen LogP contribution in [0.3, 0.4) is 0 Å². The van der Waals surface area contributed by atoms with Crippen molar-refractivity contribution in [3.8, 4) is 0 Å². The minimum Gasteiger partial charge on any atom is -0.472 e. The fourth-order valence-corrected chi connectivity index (χ4v) is 2.11. The maximum absolute atomic E-state index is 12.1. The van der Waals surface area contributed by atoms with Crippen molar-refractivity contribution in [3.63, 3.8) is 0 Å². The van der Waals surface area contributed by atoms with Crippen LogP contribution in [0.1, 0.15) is 27.2 Å². The van der Waals surface area contributed by atoms with E-state index in [0.717, 1.165) is 6.42 Å². The van der Waals surface area contributed by atoms with Crippen LogP contribution in [0.5, 0.6) is 0 Å². The van der Waals surface area contributed by atoms with E-state index >= 15 is 0 Å². The summed E-state index contributed by atoms with van der Waals surface area (Å²) in [5.74, 6) is 0.364. The second kappa shape index (κ2) is 3.12. The van der Waals surface area contributed by atoms with E-state index in [1.165, 1.54) is 0 Å². The molecule has 1 N–H and O–H groups in total. The molecule has 2 atom stereocenters. The maximum atomic E-state index is 12.1. The van der Waals surface area contributed by atoms with Gasteiger partial charge in [-0.05, 0) is 0 Å². The Hall–Kier alpha value is -1.26. The Morgan fingerprint density at radius 3 is 2.73 bits per heavy atom. The third kappa shape index (κ3) is 1.56. The van der Waals surface area contributed by atoms with Gasteiger partial charge in [0.05, 0.1) is 6.54 Å². The quantitative estimate of drug-likeness (QED) is 0.477. The molecule has 2 aliphatic rings. The number of rotatable bonds is 0. The highest BCUT2D eigenvalue weighted by atomic mass is 16.5. The zero-order chi connectivity index (χ0) is 11.2. The van der Waals surface area contributed by atoms with Gasteiger partial charge in [-0.15, -0.1) is 0 Å². The van der Waals surface area contributed by atoms with Crippen molar-refractivity contribution >= 4 is 11.8 Å². The van der Waals surface area contributed by atoms with Crippen LogP contribution < -0.4 is 0 Å². The highest BCUT2D eigenvalue weighted by Gasteiger charge is 2.49. The highest BCUT2D eigenvalue weighted by Crippen LogP contribution is 2.33. The number of carbonyl (C=O) groups excluding carboxylic acids is 1. The standard InChI is InChI=1S/C10H16N2O3/c1-10(2,3)9(13)12-5-6-4-7(12)8(11-14)15-6/h6-7,14H,4-5H2,1-3H3/t6-,7+/m1/s1. The van der Waals surface area contributed by atoms with Crippen molar-refractivity contribution in [1.29, 1.82) is 0 Å². The summed E-state index contributed by atoms with van der Waals surface area (Å²) in [6.45, 7) is 6.27. The zero-order valence-corrected chi connectivity index (χ0v) is 9.23. The largest absolute Gasteiger partial charge is 0.472 e. The van der Waals surface area contributed by atoms with Crippen molar-refractivity contribution in [1.82, 2.24) is 4.90 Å². The predicted octanol–water partition coefficient (Wildman–Crippen LogP) is 0.820. The van der Waals surface area contributed by atoms with Crippen LogP contribution in [0.15, 0.2) is 5.16 Å². The summed E-state index contributed by atoms with van der Waals surface area (Å²) in [4.78, 5) is 13.8. The lowest BCUT2D eigenvalue weighted by atomic mass is 9.94. The van der Waals surface area contributed by atoms with Crippen molar-refractivity contribution < 1.29 is 14.7 Å². The Morgan fingerprint density at radius 1 is 1.60 bits per heavy atom. The topological polar surface area (TPSA) is 62.1 Å². The van der Waals surface area contributed by atoms with Crippen molar-refractivity contribution in [2.24, 2.45) is 10.6 Å². The molecule has 1 amide bonds. The molecular weight excluding hydrogens is 196 g/mol. The molecule has 0 unspecified atom stereocenters. The fourth-order valence-electron chi connectivity index (χ4n) is 2.11. The molecule has 5 heteroatoms. The zero-order valence-electron chi connectivity index (χ0n) is 9.23. The summed E-state index contributed by atoms with van der Waals surface area (Å²) < 4.78 is 5.31. The Morgan fingerprint density at radius 2 is 2.27 bits per heavy atom. The molecule has 0 spiro atoms. The maximum Gasteiger partial charge on any atom is 0.249 e. The first kappa shape index (κ1) is 10.3. The molecule has 2 aliphatic heterocycles. The normalized spacial score (nSPS) is 32.2. The Labute approximate surface area is 88.7 Å². The van der Waals surface area contributed by atoms with E-state index in [0.29, 0.717) is 6.54 Å². The number of hydrogen-bond acceptors (Lipinski definition) is 4. The van der Waals surface area contributed by atoms with Crippen molar-refractivity contribution in [2.45, 2.75) is 39.3 Å². The van der Waals surface area contributed by atoms with Gasteiger partial charge in [0, 0.05) is 11.8 Å². The van der Waals surface area contributed by atoms with E-state index in [4.69, 9.17) is 9.94 Å². The summed E-state index contributed by atoms with van der Waals surface area (Å²) in [6.07, 6.45) is 0.758. The summed E-state index contributed by atoms with van der Waals surface area (Å²) in [7, 11) is 0. The average molecular weight is 212 g/mol. The molecule has 2 heterocycles. The number of hydrogen-bond donors (Lipinski definition) is 1. The third-order valence-electron chi connectivity index (χ3n) is 2.84. The SMILES string of the molecule is CC(C)(C)C(=O)N1C[C@H]2C[C@H]1C(=NO)O2. The van der Waals surface area contributed by atoms with E-state index in [9.17, 15) is 4.79 Å². The smallest absolute Gasteiger partial charge is 0.249 e. The Balaban J connectivity index is 2.17. The number of amides is 1. The average Bonchev–Trinajstić information content (AvgIpc) is 2.72. The van der Waals surface area contributed by atoms with E-state index in [1.54, 1.807) is 4.90 Å². The fraction of sp³-hybridized carbons (Fsp3) is 0.800. The first-order valence-electron chi connectivity index (χ1n) is 5.13. The molecule has 0 aromatic carbocycles. The summed E-state index contributed by atoms with van der Waals surface area (Å²) in [5.41, 5.74) is -0.398. The van der Waals surface area contributed by atoms with E-state index < -0.39 is 5.41 Å². The Kier molecular flexibility index (Phi) is 2.13. The van der Waals surface area contributed by atoms with E-state index in [2.05, 4.69) is 5.16 Å². The number of morpholine rings is 1. The molecule has 0 aliphatic carbocycles. The summed E-state index contributed by atoms with van der Waals surface area (Å²) >= 11 is 0. The van der Waals surface area contributed by atoms with Gasteiger partial charge in [-0.3, -0.25) is 4.79 Å². The van der Waals surface area contributed by atoms with Gasteiger partial charge >= 0.3 is 0 Å². The molecule has 0 aromatic heterocycles. The van der Waals surface area contributed by atoms with Gasteiger partial charge in [0.2, 0.25) is 11.8 Å². The lowest BCUT2D eigenvalue weighted by Crippen LogP contribution is -2.48. The van der Waals surface area contributed by atoms with Gasteiger partial charge in [0.1, 0.15) is 12.1 Å². The number of nitrogens with zero attached hydrogens (tertiary/aromatic N) is 2. The third-order valence-corrected chi connectivity index (χ3v) is 2.84. The first-order chi connectivity index (χ1) is 6.93. The van der Waals surface area contributed by atoms with Gasteiger partial charge in [0.15, 0.2) is 0 Å². The van der Waals surface area contributed by atoms with Crippen LogP contribution >= 0.6 is 0 Å². The van der Waals surface area contributed by atoms with Gasteiger partial charge in [-0.2, -0.15) is 0 Å². The van der Waals surface area contributed by atoms with Crippen molar-refractivity contribution in [2.75, 3.05) is 6.54 Å². The van der Waals surface area contributed by atoms with E-state index in [-0.39, 0.29) is 24.0 Å². The molecule has 2 rings (SSSR count). The van der Waals surface area contributed by atoms with Gasteiger partial charge < -0.3 is 14.8 Å². The molecule has 0 radical (unpaired) electrons. The summed E-state index contributed by atoms with van der Waals surface area (Å²) in [6, 6.07) is -0.160. The molecular formula is C10H16N2O3. The predicted molar refractivity (Wildman–Crippen MR) is 53.7 cm³/mol. The second-order valence-electron chi connectivity index (χ2n) is 5.14. The minimum absolute atomic E-state index is 0.00667. The van der Waals surface area contributed by atoms with Crippen LogP contribution in [-0.4, -0.2) is 40.6 Å². The molecule has 15 heavy (non-hydrogen) atoms. The van der Waals surface area contributed by atoms with Crippen LogP contribution in [0, 0.1) is 5.41 Å². The molecule has 2 fully saturated rings. The first-order valence-corrected chi connectivity index (χ1v) is 5.13. The van der Waals surface area contributed by atoms with Crippen molar-refractivity contribution in [3.05, 3.63) is 0 Å². The Bertz CT molecular complexity index is 319. The minimum atomic E-state index is -0.398. The number of carbonyl (C=O) groups is 1. The van der Waals surface area contributed by atoms with Crippen LogP contribution in [0.2, 0.25) is 0 Å². The van der Waals surface area contributed by atoms with E-state index in [1.807, 2.05) is 20.8 Å². The van der Waals surface area contributed by atoms with Gasteiger partial charge in [0.25, 0.3) is 0 Å². The number of likely N-dealkylation sites (tertiary alicyclic amines) is 1. The highest BCUT2D eigenvalue weighted by molar-refractivity contribution is 5.92. The molecule has 0 saturated carbocycles. The lowest BCUT2D eigenvalue weighted by molar-refractivity contribution is -0.140. The van der Waals surface area contributed by atoms with Crippen LogP contribution in [0.25, 0.3) is 0 Å². The summed E-state index contributed by atoms with van der Waals surface area (Å²) in [5, 5.41) is 11.8. The monoisotopic (exact) mass is 212 g/mol. The lowest BCUT2D eigenvalue weighted by Gasteiger charge is -2.32. The molecule has 0 aromatic rings. The molecule has 2 saturated heterocycles. The number of fused-ring (bicyclic) bond motifs is 2. The molecule has 84 valence electrons. The molecule has 2 bridgehead atoms. The van der Waals surface area contributed by atoms with Crippen LogP contribution in [-0.2, 0) is 9.53 Å². The number of ether oxygens (including phenoxy) is 1. The molecule has 5 nitrogen and oxygen atoms in total. The van der Waals surface area contributed by atoms with Gasteiger partial charge in [-0.1, -0.05) is 25.9 Å². The second-order valence-corrected chi connectivity index (χ2v) is 5.14. The number of oxime groups is 1. The van der Waals surface area contributed by atoms with Crippen LogP contribution in [0.4, 0.5) is 0 Å². The van der Waals surface area contributed by atoms with Gasteiger partial charge in [-0.25, -0.2) is 0 Å².